The summed E-state index contributed by atoms with van der Waals surface area (Å²) in [7, 11) is 3.28. The van der Waals surface area contributed by atoms with Gasteiger partial charge in [-0.2, -0.15) is 0 Å². The van der Waals surface area contributed by atoms with Crippen molar-refractivity contribution < 1.29 is 9.47 Å². The predicted octanol–water partition coefficient (Wildman–Crippen LogP) is 3.01. The Labute approximate surface area is 111 Å². The van der Waals surface area contributed by atoms with Crippen LogP contribution in [0.2, 0.25) is 0 Å². The molecule has 0 saturated heterocycles. The minimum absolute atomic E-state index is 0.0485. The highest BCUT2D eigenvalue weighted by Crippen LogP contribution is 2.27. The molecule has 1 unspecified atom stereocenters. The van der Waals surface area contributed by atoms with E-state index in [4.69, 9.17) is 15.2 Å². The van der Waals surface area contributed by atoms with Crippen LogP contribution in [0.5, 0.6) is 11.5 Å². The summed E-state index contributed by atoms with van der Waals surface area (Å²) in [5.74, 6) is 1.54. The molecule has 2 rings (SSSR count). The molecule has 4 heteroatoms. The van der Waals surface area contributed by atoms with Crippen molar-refractivity contribution in [3.63, 3.8) is 0 Å². The van der Waals surface area contributed by atoms with Gasteiger partial charge in [-0.15, -0.1) is 11.3 Å². The Morgan fingerprint density at radius 2 is 1.83 bits per heavy atom. The van der Waals surface area contributed by atoms with Crippen LogP contribution < -0.4 is 15.2 Å². The average molecular weight is 263 g/mol. The van der Waals surface area contributed by atoms with Gasteiger partial charge in [-0.1, -0.05) is 6.07 Å². The summed E-state index contributed by atoms with van der Waals surface area (Å²) in [5.41, 5.74) is 7.26. The van der Waals surface area contributed by atoms with E-state index in [0.29, 0.717) is 0 Å². The fourth-order valence-corrected chi connectivity index (χ4v) is 2.57. The Hall–Kier alpha value is -1.52. The van der Waals surface area contributed by atoms with Crippen molar-refractivity contribution in [3.05, 3.63) is 46.2 Å². The van der Waals surface area contributed by atoms with E-state index in [9.17, 15) is 0 Å². The highest BCUT2D eigenvalue weighted by Gasteiger charge is 2.11. The fraction of sp³-hybridized carbons (Fsp3) is 0.286. The molecule has 0 saturated carbocycles. The molecule has 18 heavy (non-hydrogen) atoms. The summed E-state index contributed by atoms with van der Waals surface area (Å²) in [5, 5.41) is 2.06. The number of methoxy groups -OCH3 is 2. The molecule has 2 N–H and O–H groups in total. The van der Waals surface area contributed by atoms with E-state index in [1.165, 1.54) is 4.88 Å². The third-order valence-electron chi connectivity index (χ3n) is 2.80. The maximum atomic E-state index is 6.23. The fourth-order valence-electron chi connectivity index (χ4n) is 1.81. The zero-order chi connectivity index (χ0) is 13.0. The van der Waals surface area contributed by atoms with Gasteiger partial charge in [0.1, 0.15) is 11.5 Å². The maximum absolute atomic E-state index is 6.23. The summed E-state index contributed by atoms with van der Waals surface area (Å²) >= 11 is 1.72. The number of benzene rings is 1. The lowest BCUT2D eigenvalue weighted by atomic mass is 10.0. The van der Waals surface area contributed by atoms with Gasteiger partial charge >= 0.3 is 0 Å². The van der Waals surface area contributed by atoms with Gasteiger partial charge in [0.05, 0.1) is 14.2 Å². The van der Waals surface area contributed by atoms with Crippen LogP contribution in [0.1, 0.15) is 16.5 Å². The van der Waals surface area contributed by atoms with Crippen LogP contribution in [0, 0.1) is 0 Å². The highest BCUT2D eigenvalue weighted by atomic mass is 32.1. The van der Waals surface area contributed by atoms with Crippen molar-refractivity contribution in [1.29, 1.82) is 0 Å². The zero-order valence-electron chi connectivity index (χ0n) is 10.6. The van der Waals surface area contributed by atoms with Gasteiger partial charge in [0, 0.05) is 23.4 Å². The number of ether oxygens (including phenoxy) is 2. The molecule has 1 atom stereocenters. The molecule has 1 aromatic carbocycles. The molecule has 0 amide bonds. The maximum Gasteiger partial charge on any atom is 0.122 e. The molecule has 2 aromatic rings. The Morgan fingerprint density at radius 3 is 2.33 bits per heavy atom. The lowest BCUT2D eigenvalue weighted by Gasteiger charge is -2.14. The molecular formula is C14H17NO2S. The second kappa shape index (κ2) is 5.89. The van der Waals surface area contributed by atoms with Crippen molar-refractivity contribution in [2.45, 2.75) is 12.5 Å². The van der Waals surface area contributed by atoms with Crippen molar-refractivity contribution in [3.8, 4) is 11.5 Å². The first-order chi connectivity index (χ1) is 8.72. The van der Waals surface area contributed by atoms with Gasteiger partial charge in [0.15, 0.2) is 0 Å². The molecule has 1 heterocycles. The predicted molar refractivity (Wildman–Crippen MR) is 74.5 cm³/mol. The molecule has 0 aliphatic carbocycles. The summed E-state index contributed by atoms with van der Waals surface area (Å²) in [6.45, 7) is 0. The molecule has 0 radical (unpaired) electrons. The Bertz CT molecular complexity index is 474. The van der Waals surface area contributed by atoms with Crippen molar-refractivity contribution in [2.75, 3.05) is 14.2 Å². The van der Waals surface area contributed by atoms with E-state index < -0.39 is 0 Å². The average Bonchev–Trinajstić information content (AvgIpc) is 2.90. The van der Waals surface area contributed by atoms with E-state index in [-0.39, 0.29) is 6.04 Å². The number of rotatable bonds is 5. The van der Waals surface area contributed by atoms with Gasteiger partial charge in [0.25, 0.3) is 0 Å². The Kier molecular flexibility index (Phi) is 4.23. The number of hydrogen-bond acceptors (Lipinski definition) is 4. The second-order valence-corrected chi connectivity index (χ2v) is 5.07. The normalized spacial score (nSPS) is 12.2. The van der Waals surface area contributed by atoms with E-state index >= 15 is 0 Å². The van der Waals surface area contributed by atoms with Gasteiger partial charge in [-0.3, -0.25) is 0 Å². The van der Waals surface area contributed by atoms with E-state index in [1.54, 1.807) is 25.6 Å². The van der Waals surface area contributed by atoms with E-state index in [0.717, 1.165) is 23.5 Å². The summed E-state index contributed by atoms with van der Waals surface area (Å²) in [6, 6.07) is 9.86. The smallest absolute Gasteiger partial charge is 0.122 e. The van der Waals surface area contributed by atoms with Gasteiger partial charge in [-0.05, 0) is 29.1 Å². The molecule has 0 aliphatic rings. The summed E-state index contributed by atoms with van der Waals surface area (Å²) in [6.07, 6.45) is 0.827. The lowest BCUT2D eigenvalue weighted by molar-refractivity contribution is 0.392. The second-order valence-electron chi connectivity index (χ2n) is 4.04. The van der Waals surface area contributed by atoms with Crippen LogP contribution in [0.25, 0.3) is 0 Å². The minimum Gasteiger partial charge on any atom is -0.497 e. The van der Waals surface area contributed by atoms with E-state index in [2.05, 4.69) is 11.4 Å². The largest absolute Gasteiger partial charge is 0.497 e. The summed E-state index contributed by atoms with van der Waals surface area (Å²) in [4.78, 5) is 1.28. The lowest BCUT2D eigenvalue weighted by Crippen LogP contribution is -2.13. The minimum atomic E-state index is -0.0485. The molecule has 96 valence electrons. The molecule has 0 aliphatic heterocycles. The molecule has 3 nitrogen and oxygen atoms in total. The number of nitrogens with two attached hydrogens (primary N) is 1. The highest BCUT2D eigenvalue weighted by molar-refractivity contribution is 7.09. The van der Waals surface area contributed by atoms with Gasteiger partial charge < -0.3 is 15.2 Å². The Morgan fingerprint density at radius 1 is 1.17 bits per heavy atom. The van der Waals surface area contributed by atoms with Crippen molar-refractivity contribution >= 4 is 11.3 Å². The Balaban J connectivity index is 2.20. The molecule has 0 bridgehead atoms. The first-order valence-electron chi connectivity index (χ1n) is 5.74. The first-order valence-corrected chi connectivity index (χ1v) is 6.62. The number of hydrogen-bond donors (Lipinski definition) is 1. The van der Waals surface area contributed by atoms with Gasteiger partial charge in [-0.25, -0.2) is 0 Å². The quantitative estimate of drug-likeness (QED) is 0.902. The van der Waals surface area contributed by atoms with Crippen LogP contribution in [0.3, 0.4) is 0 Å². The topological polar surface area (TPSA) is 44.5 Å². The van der Waals surface area contributed by atoms with Crippen LogP contribution in [0.4, 0.5) is 0 Å². The van der Waals surface area contributed by atoms with Crippen LogP contribution in [0.15, 0.2) is 35.7 Å². The van der Waals surface area contributed by atoms with Crippen LogP contribution >= 0.6 is 11.3 Å². The summed E-state index contributed by atoms with van der Waals surface area (Å²) < 4.78 is 10.5. The van der Waals surface area contributed by atoms with Crippen LogP contribution in [-0.4, -0.2) is 14.2 Å². The molecule has 1 aromatic heterocycles. The van der Waals surface area contributed by atoms with Crippen LogP contribution in [-0.2, 0) is 6.42 Å². The molecular weight excluding hydrogens is 246 g/mol. The third kappa shape index (κ3) is 3.03. The first kappa shape index (κ1) is 12.9. The van der Waals surface area contributed by atoms with E-state index in [1.807, 2.05) is 24.3 Å². The third-order valence-corrected chi connectivity index (χ3v) is 3.70. The monoisotopic (exact) mass is 263 g/mol. The van der Waals surface area contributed by atoms with Crippen molar-refractivity contribution in [2.24, 2.45) is 5.73 Å². The zero-order valence-corrected chi connectivity index (χ0v) is 11.4. The molecule has 0 fully saturated rings. The van der Waals surface area contributed by atoms with Crippen molar-refractivity contribution in [1.82, 2.24) is 0 Å². The standard InChI is InChI=1S/C14H17NO2S/c1-16-11-6-10(7-12(8-11)17-2)14(15)9-13-4-3-5-18-13/h3-8,14H,9,15H2,1-2H3. The SMILES string of the molecule is COc1cc(OC)cc(C(N)Cc2cccs2)c1. The number of thiophene rings is 1. The molecule has 0 spiro atoms. The van der Waals surface area contributed by atoms with Gasteiger partial charge in [0.2, 0.25) is 0 Å².